The third-order valence-corrected chi connectivity index (χ3v) is 5.17. The Morgan fingerprint density at radius 3 is 2.25 bits per heavy atom. The molecule has 0 bridgehead atoms. The molecule has 0 fully saturated rings. The molecule has 0 saturated heterocycles. The molecule has 0 heterocycles. The van der Waals surface area contributed by atoms with Crippen LogP contribution >= 0.6 is 15.9 Å². The number of amides is 2. The second kappa shape index (κ2) is 8.21. The van der Waals surface area contributed by atoms with E-state index >= 15 is 0 Å². The zero-order valence-electron chi connectivity index (χ0n) is 17.4. The number of alkyl carbamates (subject to hydrolysis) is 1. The highest BCUT2D eigenvalue weighted by atomic mass is 79.9. The first kappa shape index (κ1) is 24.1. The van der Waals surface area contributed by atoms with Gasteiger partial charge in [0.25, 0.3) is 0 Å². The van der Waals surface area contributed by atoms with E-state index in [1.165, 1.54) is 18.0 Å². The molecule has 0 saturated carbocycles. The minimum Gasteiger partial charge on any atom is -0.444 e. The van der Waals surface area contributed by atoms with Crippen molar-refractivity contribution in [3.63, 3.8) is 0 Å². The predicted molar refractivity (Wildman–Crippen MR) is 111 cm³/mol. The second-order valence-electron chi connectivity index (χ2n) is 8.39. The molecule has 0 unspecified atom stereocenters. The molecule has 0 radical (unpaired) electrons. The number of hydrogen-bond acceptors (Lipinski definition) is 4. The van der Waals surface area contributed by atoms with Crippen LogP contribution < -0.4 is 11.1 Å². The quantitative estimate of drug-likeness (QED) is 0.691. The summed E-state index contributed by atoms with van der Waals surface area (Å²) in [5.41, 5.74) is 3.38. The summed E-state index contributed by atoms with van der Waals surface area (Å²) in [6, 6.07) is 4.40. The van der Waals surface area contributed by atoms with E-state index in [4.69, 9.17) is 10.5 Å². The van der Waals surface area contributed by atoms with E-state index < -0.39 is 34.4 Å². The third-order valence-electron chi connectivity index (χ3n) is 4.68. The van der Waals surface area contributed by atoms with Gasteiger partial charge < -0.3 is 15.4 Å². The fraction of sp³-hybridized carbons (Fsp3) is 0.500. The average Bonchev–Trinajstić information content (AvgIpc) is 2.53. The topological polar surface area (TPSA) is 84.7 Å². The SMILES string of the molecule is C=C(NC(=O)OC(C)(C)C)N(C)C(=O)C(C)(C)[C@](C)(N)c1cc(Br)ccc1F. The van der Waals surface area contributed by atoms with Crippen LogP contribution in [0.2, 0.25) is 0 Å². The maximum atomic E-state index is 14.4. The first-order valence-corrected chi connectivity index (χ1v) is 9.51. The van der Waals surface area contributed by atoms with E-state index in [1.54, 1.807) is 53.7 Å². The van der Waals surface area contributed by atoms with Crippen LogP contribution in [-0.4, -0.2) is 29.5 Å². The first-order chi connectivity index (χ1) is 12.5. The van der Waals surface area contributed by atoms with Gasteiger partial charge in [0.1, 0.15) is 17.2 Å². The molecule has 156 valence electrons. The van der Waals surface area contributed by atoms with E-state index in [0.717, 1.165) is 0 Å². The zero-order valence-corrected chi connectivity index (χ0v) is 19.0. The van der Waals surface area contributed by atoms with Gasteiger partial charge in [-0.05, 0) is 59.7 Å². The molecule has 0 aliphatic rings. The van der Waals surface area contributed by atoms with E-state index in [2.05, 4.69) is 27.8 Å². The molecule has 3 N–H and O–H groups in total. The van der Waals surface area contributed by atoms with Crippen molar-refractivity contribution >= 4 is 27.9 Å². The van der Waals surface area contributed by atoms with E-state index in [0.29, 0.717) is 4.47 Å². The maximum Gasteiger partial charge on any atom is 0.413 e. The Bertz CT molecular complexity index is 785. The van der Waals surface area contributed by atoms with Crippen molar-refractivity contribution in [1.82, 2.24) is 10.2 Å². The van der Waals surface area contributed by atoms with Gasteiger partial charge in [-0.3, -0.25) is 10.1 Å². The van der Waals surface area contributed by atoms with Gasteiger partial charge in [-0.1, -0.05) is 22.5 Å². The maximum absolute atomic E-state index is 14.4. The van der Waals surface area contributed by atoms with Crippen LogP contribution in [0.15, 0.2) is 35.1 Å². The van der Waals surface area contributed by atoms with Gasteiger partial charge in [0.05, 0.1) is 11.0 Å². The van der Waals surface area contributed by atoms with Crippen molar-refractivity contribution in [3.8, 4) is 0 Å². The lowest BCUT2D eigenvalue weighted by Crippen LogP contribution is -2.56. The molecule has 0 aliphatic carbocycles. The van der Waals surface area contributed by atoms with Crippen LogP contribution in [0.4, 0.5) is 9.18 Å². The molecule has 0 aromatic heterocycles. The molecular weight excluding hydrogens is 429 g/mol. The van der Waals surface area contributed by atoms with Gasteiger partial charge >= 0.3 is 6.09 Å². The van der Waals surface area contributed by atoms with Gasteiger partial charge in [-0.15, -0.1) is 0 Å². The molecule has 8 heteroatoms. The van der Waals surface area contributed by atoms with Crippen molar-refractivity contribution < 1.29 is 18.7 Å². The smallest absolute Gasteiger partial charge is 0.413 e. The van der Waals surface area contributed by atoms with E-state index in [-0.39, 0.29) is 11.4 Å². The van der Waals surface area contributed by atoms with Crippen LogP contribution in [0.25, 0.3) is 0 Å². The number of ether oxygens (including phenoxy) is 1. The number of carbonyl (C=O) groups is 2. The highest BCUT2D eigenvalue weighted by molar-refractivity contribution is 9.10. The molecule has 1 aromatic carbocycles. The van der Waals surface area contributed by atoms with Crippen molar-refractivity contribution in [3.05, 3.63) is 46.5 Å². The summed E-state index contributed by atoms with van der Waals surface area (Å²) in [6.07, 6.45) is -0.733. The minimum atomic E-state index is -1.35. The highest BCUT2D eigenvalue weighted by Crippen LogP contribution is 2.40. The third kappa shape index (κ3) is 5.32. The minimum absolute atomic E-state index is 0.0258. The van der Waals surface area contributed by atoms with Crippen LogP contribution in [0.5, 0.6) is 0 Å². The number of benzene rings is 1. The summed E-state index contributed by atoms with van der Waals surface area (Å²) in [6.45, 7) is 13.7. The fourth-order valence-corrected chi connectivity index (χ4v) is 2.86. The normalized spacial score (nSPS) is 14.1. The Morgan fingerprint density at radius 2 is 1.75 bits per heavy atom. The summed E-state index contributed by atoms with van der Waals surface area (Å²) in [4.78, 5) is 26.3. The highest BCUT2D eigenvalue weighted by Gasteiger charge is 2.48. The second-order valence-corrected chi connectivity index (χ2v) is 9.30. The van der Waals surface area contributed by atoms with Gasteiger partial charge in [-0.25, -0.2) is 9.18 Å². The molecule has 0 aliphatic heterocycles. The van der Waals surface area contributed by atoms with Gasteiger partial charge in [0, 0.05) is 17.1 Å². The largest absolute Gasteiger partial charge is 0.444 e. The predicted octanol–water partition coefficient (Wildman–Crippen LogP) is 4.24. The van der Waals surface area contributed by atoms with Crippen molar-refractivity contribution in [2.75, 3.05) is 7.05 Å². The zero-order chi connectivity index (χ0) is 22.1. The monoisotopic (exact) mass is 457 g/mol. The van der Waals surface area contributed by atoms with Crippen LogP contribution in [-0.2, 0) is 15.1 Å². The van der Waals surface area contributed by atoms with Gasteiger partial charge in [-0.2, -0.15) is 0 Å². The van der Waals surface area contributed by atoms with Crippen molar-refractivity contribution in [2.24, 2.45) is 11.1 Å². The summed E-state index contributed by atoms with van der Waals surface area (Å²) in [5, 5.41) is 2.43. The summed E-state index contributed by atoms with van der Waals surface area (Å²) < 4.78 is 20.2. The molecule has 1 rings (SSSR count). The van der Waals surface area contributed by atoms with Crippen LogP contribution in [0.1, 0.15) is 47.1 Å². The Labute approximate surface area is 174 Å². The first-order valence-electron chi connectivity index (χ1n) is 8.72. The number of halogens is 2. The van der Waals surface area contributed by atoms with Crippen molar-refractivity contribution in [1.29, 1.82) is 0 Å². The number of carbonyl (C=O) groups excluding carboxylic acids is 2. The number of nitrogens with zero attached hydrogens (tertiary/aromatic N) is 1. The fourth-order valence-electron chi connectivity index (χ4n) is 2.50. The summed E-state index contributed by atoms with van der Waals surface area (Å²) in [7, 11) is 1.46. The summed E-state index contributed by atoms with van der Waals surface area (Å²) >= 11 is 3.30. The molecule has 1 aromatic rings. The van der Waals surface area contributed by atoms with Gasteiger partial charge in [0.2, 0.25) is 5.91 Å². The van der Waals surface area contributed by atoms with Gasteiger partial charge in [0.15, 0.2) is 0 Å². The van der Waals surface area contributed by atoms with E-state index in [9.17, 15) is 14.0 Å². The summed E-state index contributed by atoms with van der Waals surface area (Å²) in [5.74, 6) is -0.932. The molecule has 2 amide bonds. The van der Waals surface area contributed by atoms with E-state index in [1.807, 2.05) is 0 Å². The van der Waals surface area contributed by atoms with Crippen LogP contribution in [0, 0.1) is 11.2 Å². The lowest BCUT2D eigenvalue weighted by Gasteiger charge is -2.42. The Hall–Kier alpha value is -1.93. The number of nitrogens with two attached hydrogens (primary N) is 1. The number of hydrogen-bond donors (Lipinski definition) is 2. The van der Waals surface area contributed by atoms with Crippen LogP contribution in [0.3, 0.4) is 0 Å². The lowest BCUT2D eigenvalue weighted by atomic mass is 9.69. The molecule has 1 atom stereocenters. The molecular formula is C20H29BrFN3O3. The lowest BCUT2D eigenvalue weighted by molar-refractivity contribution is -0.141. The van der Waals surface area contributed by atoms with Crippen molar-refractivity contribution in [2.45, 2.75) is 52.7 Å². The number of nitrogens with one attached hydrogen (secondary N) is 1. The standard InChI is InChI=1S/C20H29BrFN3O3/c1-12(24-17(27)28-18(2,3)4)25(8)16(26)19(5,6)20(7,23)14-11-13(21)9-10-15(14)22/h9-11H,1,23H2,2-8H3,(H,24,27)/t20-/m1/s1. The number of rotatable bonds is 5. The molecule has 6 nitrogen and oxygen atoms in total. The molecule has 28 heavy (non-hydrogen) atoms. The average molecular weight is 458 g/mol. The Balaban J connectivity index is 3.09. The Morgan fingerprint density at radius 1 is 1.21 bits per heavy atom. The molecule has 0 spiro atoms. The Kier molecular flexibility index (Phi) is 7.07.